The summed E-state index contributed by atoms with van der Waals surface area (Å²) in [7, 11) is 1.94. The van der Waals surface area contributed by atoms with Crippen LogP contribution in [0, 0.1) is 17.2 Å². The average molecular weight is 313 g/mol. The molecule has 3 rings (SSSR count). The number of hydrogen-bond acceptors (Lipinski definition) is 4. The second-order valence-electron chi connectivity index (χ2n) is 6.50. The van der Waals surface area contributed by atoms with Crippen LogP contribution in [0.2, 0.25) is 0 Å². The van der Waals surface area contributed by atoms with Gasteiger partial charge in [0.15, 0.2) is 0 Å². The Kier molecular flexibility index (Phi) is 4.94. The normalized spacial score (nSPS) is 28.0. The first-order valence-electron chi connectivity index (χ1n) is 8.21. The summed E-state index contributed by atoms with van der Waals surface area (Å²) in [5.41, 5.74) is 1.17. The van der Waals surface area contributed by atoms with Crippen molar-refractivity contribution in [3.63, 3.8) is 0 Å². The molecular weight excluding hydrogens is 290 g/mol. The van der Waals surface area contributed by atoms with E-state index in [1.54, 1.807) is 0 Å². The van der Waals surface area contributed by atoms with Gasteiger partial charge in [0.05, 0.1) is 18.8 Å². The molecule has 1 heterocycles. The Bertz CT molecular complexity index is 578. The fraction of sp³-hybridized carbons (Fsp3) is 0.556. The monoisotopic (exact) mass is 313 g/mol. The van der Waals surface area contributed by atoms with Crippen molar-refractivity contribution in [2.45, 2.75) is 31.6 Å². The number of nitriles is 1. The molecule has 1 amide bonds. The SMILES string of the molecule is CN1CCN(C(=O)C2CC(OCc3ccccc3)C2)CC1C#N. The van der Waals surface area contributed by atoms with Crippen molar-refractivity contribution in [3.05, 3.63) is 35.9 Å². The zero-order valence-electron chi connectivity index (χ0n) is 13.5. The summed E-state index contributed by atoms with van der Waals surface area (Å²) in [4.78, 5) is 16.4. The summed E-state index contributed by atoms with van der Waals surface area (Å²) >= 11 is 0. The molecule has 23 heavy (non-hydrogen) atoms. The molecule has 1 atom stereocenters. The topological polar surface area (TPSA) is 56.6 Å². The second-order valence-corrected chi connectivity index (χ2v) is 6.50. The molecule has 1 unspecified atom stereocenters. The molecule has 1 saturated carbocycles. The minimum Gasteiger partial charge on any atom is -0.373 e. The van der Waals surface area contributed by atoms with E-state index in [1.807, 2.05) is 47.2 Å². The molecule has 0 radical (unpaired) electrons. The van der Waals surface area contributed by atoms with Crippen molar-refractivity contribution in [3.8, 4) is 6.07 Å². The van der Waals surface area contributed by atoms with Crippen LogP contribution >= 0.6 is 0 Å². The molecule has 1 aliphatic carbocycles. The van der Waals surface area contributed by atoms with Gasteiger partial charge in [-0.15, -0.1) is 0 Å². The molecule has 122 valence electrons. The van der Waals surface area contributed by atoms with Gasteiger partial charge >= 0.3 is 0 Å². The van der Waals surface area contributed by atoms with Crippen LogP contribution in [-0.4, -0.2) is 54.5 Å². The summed E-state index contributed by atoms with van der Waals surface area (Å²) in [5, 5.41) is 9.14. The lowest BCUT2D eigenvalue weighted by Gasteiger charge is -2.41. The number of ether oxygens (including phenoxy) is 1. The van der Waals surface area contributed by atoms with Crippen LogP contribution in [0.25, 0.3) is 0 Å². The smallest absolute Gasteiger partial charge is 0.226 e. The first kappa shape index (κ1) is 16.0. The number of rotatable bonds is 4. The van der Waals surface area contributed by atoms with E-state index < -0.39 is 0 Å². The molecule has 0 spiro atoms. The van der Waals surface area contributed by atoms with Crippen LogP contribution in [-0.2, 0) is 16.1 Å². The highest BCUT2D eigenvalue weighted by molar-refractivity contribution is 5.80. The number of carbonyl (C=O) groups is 1. The van der Waals surface area contributed by atoms with E-state index in [1.165, 1.54) is 5.56 Å². The lowest BCUT2D eigenvalue weighted by atomic mass is 9.81. The molecule has 0 N–H and O–H groups in total. The maximum Gasteiger partial charge on any atom is 0.226 e. The van der Waals surface area contributed by atoms with E-state index in [0.717, 1.165) is 25.9 Å². The molecular formula is C18H23N3O2. The second kappa shape index (κ2) is 7.12. The Balaban J connectivity index is 1.42. The summed E-state index contributed by atoms with van der Waals surface area (Å²) in [6.07, 6.45) is 1.79. The van der Waals surface area contributed by atoms with Crippen molar-refractivity contribution in [1.82, 2.24) is 9.80 Å². The molecule has 5 nitrogen and oxygen atoms in total. The minimum atomic E-state index is -0.182. The van der Waals surface area contributed by atoms with Gasteiger partial charge in [0.1, 0.15) is 6.04 Å². The van der Waals surface area contributed by atoms with Crippen molar-refractivity contribution >= 4 is 5.91 Å². The Morgan fingerprint density at radius 3 is 2.74 bits per heavy atom. The fourth-order valence-electron chi connectivity index (χ4n) is 3.16. The molecule has 1 aromatic rings. The fourth-order valence-corrected chi connectivity index (χ4v) is 3.16. The van der Waals surface area contributed by atoms with Crippen molar-refractivity contribution in [1.29, 1.82) is 5.26 Å². The molecule has 1 aliphatic heterocycles. The summed E-state index contributed by atoms with van der Waals surface area (Å²) in [6, 6.07) is 12.2. The zero-order valence-corrected chi connectivity index (χ0v) is 13.5. The molecule has 2 aliphatic rings. The highest BCUT2D eigenvalue weighted by atomic mass is 16.5. The highest BCUT2D eigenvalue weighted by Gasteiger charge is 2.39. The van der Waals surface area contributed by atoms with Gasteiger partial charge in [-0.05, 0) is 25.5 Å². The molecule has 2 fully saturated rings. The van der Waals surface area contributed by atoms with Gasteiger partial charge in [0.2, 0.25) is 5.91 Å². The number of benzene rings is 1. The lowest BCUT2D eigenvalue weighted by molar-refractivity contribution is -0.147. The third kappa shape index (κ3) is 3.72. The van der Waals surface area contributed by atoms with E-state index in [-0.39, 0.29) is 24.0 Å². The molecule has 1 aromatic carbocycles. The van der Waals surface area contributed by atoms with Crippen molar-refractivity contribution in [2.75, 3.05) is 26.7 Å². The van der Waals surface area contributed by atoms with Crippen molar-refractivity contribution in [2.24, 2.45) is 5.92 Å². The van der Waals surface area contributed by atoms with Crippen LogP contribution in [0.5, 0.6) is 0 Å². The van der Waals surface area contributed by atoms with Crippen LogP contribution < -0.4 is 0 Å². The van der Waals surface area contributed by atoms with E-state index in [4.69, 9.17) is 10.00 Å². The number of carbonyl (C=O) groups excluding carboxylic acids is 1. The van der Waals surface area contributed by atoms with E-state index >= 15 is 0 Å². The Morgan fingerprint density at radius 2 is 2.04 bits per heavy atom. The Hall–Kier alpha value is -1.90. The first-order valence-corrected chi connectivity index (χ1v) is 8.21. The van der Waals surface area contributed by atoms with Crippen molar-refractivity contribution < 1.29 is 9.53 Å². The number of nitrogens with zero attached hydrogens (tertiary/aromatic N) is 3. The van der Waals surface area contributed by atoms with Gasteiger partial charge in [-0.1, -0.05) is 30.3 Å². The first-order chi connectivity index (χ1) is 11.2. The molecule has 1 saturated heterocycles. The zero-order chi connectivity index (χ0) is 16.2. The van der Waals surface area contributed by atoms with Gasteiger partial charge < -0.3 is 9.64 Å². The third-order valence-electron chi connectivity index (χ3n) is 4.88. The van der Waals surface area contributed by atoms with Crippen LogP contribution in [0.4, 0.5) is 0 Å². The van der Waals surface area contributed by atoms with Gasteiger partial charge in [0, 0.05) is 25.6 Å². The lowest BCUT2D eigenvalue weighted by Crippen LogP contribution is -2.55. The maximum absolute atomic E-state index is 12.5. The van der Waals surface area contributed by atoms with E-state index in [0.29, 0.717) is 13.2 Å². The van der Waals surface area contributed by atoms with Crippen LogP contribution in [0.15, 0.2) is 30.3 Å². The van der Waals surface area contributed by atoms with Gasteiger partial charge in [-0.25, -0.2) is 0 Å². The minimum absolute atomic E-state index is 0.0681. The Morgan fingerprint density at radius 1 is 1.30 bits per heavy atom. The number of hydrogen-bond donors (Lipinski definition) is 0. The predicted molar refractivity (Wildman–Crippen MR) is 86.4 cm³/mol. The molecule has 5 heteroatoms. The van der Waals surface area contributed by atoms with Crippen LogP contribution in [0.1, 0.15) is 18.4 Å². The van der Waals surface area contributed by atoms with Crippen LogP contribution in [0.3, 0.4) is 0 Å². The van der Waals surface area contributed by atoms with E-state index in [2.05, 4.69) is 6.07 Å². The quantitative estimate of drug-likeness (QED) is 0.848. The average Bonchev–Trinajstić information content (AvgIpc) is 2.54. The number of piperazine rings is 1. The largest absolute Gasteiger partial charge is 0.373 e. The summed E-state index contributed by atoms with van der Waals surface area (Å²) in [5.74, 6) is 0.261. The molecule has 0 aromatic heterocycles. The Labute approximate surface area is 137 Å². The highest BCUT2D eigenvalue weighted by Crippen LogP contribution is 2.32. The molecule has 0 bridgehead atoms. The van der Waals surface area contributed by atoms with Gasteiger partial charge in [-0.3, -0.25) is 9.69 Å². The van der Waals surface area contributed by atoms with Gasteiger partial charge in [0.25, 0.3) is 0 Å². The summed E-state index contributed by atoms with van der Waals surface area (Å²) in [6.45, 7) is 2.62. The summed E-state index contributed by atoms with van der Waals surface area (Å²) < 4.78 is 5.86. The number of likely N-dealkylation sites (N-methyl/N-ethyl adjacent to an activating group) is 1. The number of amides is 1. The van der Waals surface area contributed by atoms with Gasteiger partial charge in [-0.2, -0.15) is 5.26 Å². The third-order valence-corrected chi connectivity index (χ3v) is 4.88. The maximum atomic E-state index is 12.5. The van der Waals surface area contributed by atoms with E-state index in [9.17, 15) is 4.79 Å². The predicted octanol–water partition coefficient (Wildman–Crippen LogP) is 1.65. The standard InChI is InChI=1S/C18H23N3O2/c1-20-7-8-21(12-16(20)11-19)18(22)15-9-17(10-15)23-13-14-5-3-2-4-6-14/h2-6,15-17H,7-10,12-13H2,1H3.